The van der Waals surface area contributed by atoms with Crippen LogP contribution in [0.4, 0.5) is 23.4 Å². The number of nitrogens with one attached hydrogen (secondary N) is 1. The summed E-state index contributed by atoms with van der Waals surface area (Å²) >= 11 is 1.39. The number of alkyl halides is 3. The molecule has 8 heteroatoms. The van der Waals surface area contributed by atoms with Crippen LogP contribution in [-0.4, -0.2) is 9.97 Å². The van der Waals surface area contributed by atoms with Crippen LogP contribution in [0, 0.1) is 5.82 Å². The minimum atomic E-state index is -4.61. The van der Waals surface area contributed by atoms with Crippen molar-refractivity contribution in [2.75, 3.05) is 5.32 Å². The van der Waals surface area contributed by atoms with Crippen LogP contribution >= 0.6 is 11.3 Å². The van der Waals surface area contributed by atoms with E-state index in [1.165, 1.54) is 17.7 Å². The third-order valence-electron chi connectivity index (χ3n) is 3.07. The largest absolute Gasteiger partial charge is 0.416 e. The van der Waals surface area contributed by atoms with Gasteiger partial charge >= 0.3 is 6.18 Å². The van der Waals surface area contributed by atoms with Crippen molar-refractivity contribution in [1.29, 1.82) is 0 Å². The van der Waals surface area contributed by atoms with Gasteiger partial charge in [-0.05, 0) is 29.1 Å². The van der Waals surface area contributed by atoms with E-state index in [0.29, 0.717) is 11.9 Å². The molecule has 3 aromatic rings. The summed E-state index contributed by atoms with van der Waals surface area (Å²) in [6, 6.07) is 4.43. The monoisotopic (exact) mass is 327 g/mol. The van der Waals surface area contributed by atoms with Crippen LogP contribution < -0.4 is 5.32 Å². The molecule has 0 saturated heterocycles. The molecule has 3 rings (SSSR count). The van der Waals surface area contributed by atoms with Crippen LogP contribution in [0.15, 0.2) is 36.0 Å². The summed E-state index contributed by atoms with van der Waals surface area (Å²) in [5.41, 5.74) is -0.314. The lowest BCUT2D eigenvalue weighted by atomic mass is 10.1. The summed E-state index contributed by atoms with van der Waals surface area (Å²) in [6.45, 7) is -0.112. The predicted octanol–water partition coefficient (Wildman–Crippen LogP) is 4.46. The number of halogens is 4. The molecule has 0 aliphatic heterocycles. The molecule has 2 aromatic heterocycles. The molecule has 0 spiro atoms. The van der Waals surface area contributed by atoms with Gasteiger partial charge in [-0.25, -0.2) is 14.4 Å². The molecule has 0 saturated carbocycles. The highest BCUT2D eigenvalue weighted by atomic mass is 32.1. The van der Waals surface area contributed by atoms with Crippen LogP contribution in [0.1, 0.15) is 11.1 Å². The zero-order valence-electron chi connectivity index (χ0n) is 11.0. The standard InChI is InChI=1S/C14H9F4N3S/c15-9-2-1-8(10(5-9)14(16,17)18)6-19-13-12-11(3-4-22-12)20-7-21-13/h1-5,7H,6H2,(H,19,20,21). The molecular weight excluding hydrogens is 318 g/mol. The van der Waals surface area contributed by atoms with Crippen LogP contribution in [0.3, 0.4) is 0 Å². The summed E-state index contributed by atoms with van der Waals surface area (Å²) in [7, 11) is 0. The van der Waals surface area contributed by atoms with Crippen molar-refractivity contribution >= 4 is 27.4 Å². The van der Waals surface area contributed by atoms with Crippen LogP contribution in [0.2, 0.25) is 0 Å². The van der Waals surface area contributed by atoms with E-state index in [1.54, 1.807) is 6.07 Å². The van der Waals surface area contributed by atoms with Crippen molar-refractivity contribution in [3.63, 3.8) is 0 Å². The first-order chi connectivity index (χ1) is 10.4. The van der Waals surface area contributed by atoms with Crippen LogP contribution in [-0.2, 0) is 12.7 Å². The normalized spacial score (nSPS) is 11.8. The lowest BCUT2D eigenvalue weighted by molar-refractivity contribution is -0.138. The second kappa shape index (κ2) is 5.53. The number of nitrogens with zero attached hydrogens (tertiary/aromatic N) is 2. The van der Waals surface area contributed by atoms with Gasteiger partial charge in [0.2, 0.25) is 0 Å². The Morgan fingerprint density at radius 2 is 1.95 bits per heavy atom. The Hall–Kier alpha value is -2.22. The number of hydrogen-bond donors (Lipinski definition) is 1. The van der Waals surface area contributed by atoms with Crippen molar-refractivity contribution in [2.24, 2.45) is 0 Å². The Morgan fingerprint density at radius 3 is 2.73 bits per heavy atom. The van der Waals surface area contributed by atoms with E-state index in [-0.39, 0.29) is 12.1 Å². The van der Waals surface area contributed by atoms with Gasteiger partial charge in [-0.3, -0.25) is 0 Å². The fourth-order valence-corrected chi connectivity index (χ4v) is 2.87. The Balaban J connectivity index is 1.90. The van der Waals surface area contributed by atoms with Gasteiger partial charge in [-0.1, -0.05) is 6.07 Å². The van der Waals surface area contributed by atoms with Gasteiger partial charge in [0.05, 0.1) is 15.8 Å². The minimum absolute atomic E-state index is 0.0442. The van der Waals surface area contributed by atoms with E-state index < -0.39 is 17.6 Å². The summed E-state index contributed by atoms with van der Waals surface area (Å²) in [6.07, 6.45) is -3.27. The maximum absolute atomic E-state index is 13.1. The van der Waals surface area contributed by atoms with Crippen molar-refractivity contribution in [3.05, 3.63) is 52.9 Å². The fraction of sp³-hybridized carbons (Fsp3) is 0.143. The maximum atomic E-state index is 13.1. The summed E-state index contributed by atoms with van der Waals surface area (Å²) in [4.78, 5) is 8.09. The van der Waals surface area contributed by atoms with Gasteiger partial charge in [0.15, 0.2) is 0 Å². The van der Waals surface area contributed by atoms with E-state index >= 15 is 0 Å². The molecule has 1 aromatic carbocycles. The molecule has 0 unspecified atom stereocenters. The summed E-state index contributed by atoms with van der Waals surface area (Å²) in [5, 5.41) is 4.68. The average Bonchev–Trinajstić information content (AvgIpc) is 2.94. The molecule has 0 amide bonds. The smallest absolute Gasteiger partial charge is 0.365 e. The molecule has 114 valence electrons. The summed E-state index contributed by atoms with van der Waals surface area (Å²) < 4.78 is 52.6. The van der Waals surface area contributed by atoms with Crippen molar-refractivity contribution in [1.82, 2.24) is 9.97 Å². The van der Waals surface area contributed by atoms with Gasteiger partial charge in [-0.2, -0.15) is 13.2 Å². The fourth-order valence-electron chi connectivity index (χ4n) is 2.06. The molecule has 22 heavy (non-hydrogen) atoms. The highest BCUT2D eigenvalue weighted by Gasteiger charge is 2.33. The SMILES string of the molecule is Fc1ccc(CNc2ncnc3ccsc23)c(C(F)(F)F)c1. The van der Waals surface area contributed by atoms with Gasteiger partial charge < -0.3 is 5.32 Å². The zero-order valence-corrected chi connectivity index (χ0v) is 11.8. The summed E-state index contributed by atoms with van der Waals surface area (Å²) in [5.74, 6) is -0.462. The van der Waals surface area contributed by atoms with Gasteiger partial charge in [0, 0.05) is 6.54 Å². The van der Waals surface area contributed by atoms with Gasteiger partial charge in [0.25, 0.3) is 0 Å². The van der Waals surface area contributed by atoms with Gasteiger partial charge in [0.1, 0.15) is 18.0 Å². The molecule has 3 nitrogen and oxygen atoms in total. The van der Waals surface area contributed by atoms with Gasteiger partial charge in [-0.15, -0.1) is 11.3 Å². The molecule has 0 bridgehead atoms. The quantitative estimate of drug-likeness (QED) is 0.722. The number of anilines is 1. The molecule has 2 heterocycles. The molecule has 0 radical (unpaired) electrons. The number of thiophene rings is 1. The first-order valence-corrected chi connectivity index (χ1v) is 7.11. The number of aromatic nitrogens is 2. The topological polar surface area (TPSA) is 37.8 Å². The molecule has 0 fully saturated rings. The third kappa shape index (κ3) is 2.87. The highest BCUT2D eigenvalue weighted by Crippen LogP contribution is 2.33. The average molecular weight is 327 g/mol. The Labute approximate surface area is 126 Å². The van der Waals surface area contributed by atoms with E-state index in [4.69, 9.17) is 0 Å². The molecule has 1 N–H and O–H groups in total. The molecule has 0 aliphatic carbocycles. The number of fused-ring (bicyclic) bond motifs is 1. The van der Waals surface area contributed by atoms with E-state index in [1.807, 2.05) is 5.38 Å². The third-order valence-corrected chi connectivity index (χ3v) is 3.98. The number of hydrogen-bond acceptors (Lipinski definition) is 4. The first-order valence-electron chi connectivity index (χ1n) is 6.23. The predicted molar refractivity (Wildman–Crippen MR) is 76.1 cm³/mol. The second-order valence-electron chi connectivity index (χ2n) is 4.51. The van der Waals surface area contributed by atoms with E-state index in [2.05, 4.69) is 15.3 Å². The van der Waals surface area contributed by atoms with E-state index in [0.717, 1.165) is 22.3 Å². The van der Waals surface area contributed by atoms with Crippen molar-refractivity contribution in [3.8, 4) is 0 Å². The molecule has 0 atom stereocenters. The number of benzene rings is 1. The first kappa shape index (κ1) is 14.7. The Kier molecular flexibility index (Phi) is 3.69. The Bertz CT molecular complexity index is 813. The van der Waals surface area contributed by atoms with Crippen LogP contribution in [0.25, 0.3) is 10.2 Å². The highest BCUT2D eigenvalue weighted by molar-refractivity contribution is 7.17. The second-order valence-corrected chi connectivity index (χ2v) is 5.43. The van der Waals surface area contributed by atoms with Crippen molar-refractivity contribution < 1.29 is 17.6 Å². The zero-order chi connectivity index (χ0) is 15.7. The van der Waals surface area contributed by atoms with Crippen molar-refractivity contribution in [2.45, 2.75) is 12.7 Å². The molecule has 0 aliphatic rings. The maximum Gasteiger partial charge on any atom is 0.416 e. The lowest BCUT2D eigenvalue weighted by Gasteiger charge is -2.14. The minimum Gasteiger partial charge on any atom is -0.365 e. The Morgan fingerprint density at radius 1 is 1.14 bits per heavy atom. The van der Waals surface area contributed by atoms with E-state index in [9.17, 15) is 17.6 Å². The van der Waals surface area contributed by atoms with Crippen LogP contribution in [0.5, 0.6) is 0 Å². The lowest BCUT2D eigenvalue weighted by Crippen LogP contribution is -2.12. The number of rotatable bonds is 3. The molecular formula is C14H9F4N3S.